The van der Waals surface area contributed by atoms with Crippen LogP contribution in [-0.2, 0) is 9.59 Å². The molecule has 10 heteroatoms. The molecule has 2 aliphatic heterocycles. The van der Waals surface area contributed by atoms with Gasteiger partial charge in [-0.25, -0.2) is 4.90 Å². The van der Waals surface area contributed by atoms with E-state index in [4.69, 9.17) is 46.4 Å². The quantitative estimate of drug-likeness (QED) is 0.386. The highest BCUT2D eigenvalue weighted by atomic mass is 35.5. The molecule has 0 radical (unpaired) electrons. The minimum absolute atomic E-state index is 0.0201. The van der Waals surface area contributed by atoms with Gasteiger partial charge >= 0.3 is 0 Å². The van der Waals surface area contributed by atoms with Crippen molar-refractivity contribution in [2.24, 2.45) is 0 Å². The van der Waals surface area contributed by atoms with Crippen LogP contribution >= 0.6 is 46.4 Å². The molecular weight excluding hydrogens is 508 g/mol. The summed E-state index contributed by atoms with van der Waals surface area (Å²) in [5.74, 6) is -1.44. The maximum atomic E-state index is 13.0. The molecule has 0 atom stereocenters. The second kappa shape index (κ2) is 9.94. The summed E-state index contributed by atoms with van der Waals surface area (Å²) in [6, 6.07) is 9.36. The van der Waals surface area contributed by atoms with E-state index in [1.807, 2.05) is 4.90 Å². The first-order valence-electron chi connectivity index (χ1n) is 10.4. The second-order valence-electron chi connectivity index (χ2n) is 7.76. The lowest BCUT2D eigenvalue weighted by Crippen LogP contribution is -2.32. The van der Waals surface area contributed by atoms with Crippen LogP contribution in [0.25, 0.3) is 0 Å². The van der Waals surface area contributed by atoms with E-state index in [1.54, 1.807) is 24.3 Å². The molecule has 1 fully saturated rings. The topological polar surface area (TPSA) is 69.7 Å². The van der Waals surface area contributed by atoms with Crippen LogP contribution in [0.3, 0.4) is 0 Å². The van der Waals surface area contributed by atoms with E-state index >= 15 is 0 Å². The molecule has 172 valence electrons. The first-order valence-corrected chi connectivity index (χ1v) is 11.9. The van der Waals surface area contributed by atoms with Crippen LogP contribution < -0.4 is 10.2 Å². The predicted molar refractivity (Wildman–Crippen MR) is 131 cm³/mol. The Kier molecular flexibility index (Phi) is 7.19. The van der Waals surface area contributed by atoms with Gasteiger partial charge in [0.05, 0.1) is 20.8 Å². The third-order valence-corrected chi connectivity index (χ3v) is 6.93. The Morgan fingerprint density at radius 2 is 1.39 bits per heavy atom. The number of carbonyl (C=O) groups is 3. The largest absolute Gasteiger partial charge is 0.350 e. The Bertz CT molecular complexity index is 1160. The van der Waals surface area contributed by atoms with E-state index in [1.165, 1.54) is 12.1 Å². The lowest BCUT2D eigenvalue weighted by atomic mass is 10.1. The number of carbonyl (C=O) groups excluding carboxylic acids is 3. The number of nitrogens with one attached hydrogen (secondary N) is 1. The van der Waals surface area contributed by atoms with Gasteiger partial charge in [0, 0.05) is 24.3 Å². The molecule has 0 unspecified atom stereocenters. The predicted octanol–water partition coefficient (Wildman–Crippen LogP) is 6.10. The average Bonchev–Trinajstić information content (AvgIpc) is 3.00. The summed E-state index contributed by atoms with van der Waals surface area (Å²) in [4.78, 5) is 41.2. The number of amides is 3. The van der Waals surface area contributed by atoms with Gasteiger partial charge in [-0.15, -0.1) is 0 Å². The minimum atomic E-state index is -0.739. The van der Waals surface area contributed by atoms with Crippen molar-refractivity contribution in [2.45, 2.75) is 25.7 Å². The van der Waals surface area contributed by atoms with Crippen LogP contribution in [0, 0.1) is 0 Å². The molecule has 2 aliphatic rings. The Morgan fingerprint density at radius 3 is 2.03 bits per heavy atom. The standard InChI is InChI=1S/C23H19Cl4N3O3/c24-15-11-17(26)18(12-16(15)25)30-22(32)19(27)20(23(30)33)28-14-7-5-13(6-8-14)21(31)29-9-3-1-2-4-10-29/h5-8,11-12,28H,1-4,9-10H2. The molecule has 4 rings (SSSR count). The fraction of sp³-hybridized carbons (Fsp3) is 0.261. The number of hydrogen-bond donors (Lipinski definition) is 1. The van der Waals surface area contributed by atoms with E-state index in [2.05, 4.69) is 5.32 Å². The number of imide groups is 1. The van der Waals surface area contributed by atoms with E-state index in [0.29, 0.717) is 11.3 Å². The summed E-state index contributed by atoms with van der Waals surface area (Å²) in [5.41, 5.74) is 1.03. The summed E-state index contributed by atoms with van der Waals surface area (Å²) in [5, 5.41) is 3.00. The van der Waals surface area contributed by atoms with E-state index in [-0.39, 0.29) is 37.4 Å². The summed E-state index contributed by atoms with van der Waals surface area (Å²) in [6.45, 7) is 1.51. The highest BCUT2D eigenvalue weighted by Crippen LogP contribution is 2.38. The Hall–Kier alpha value is -2.25. The van der Waals surface area contributed by atoms with Crippen LogP contribution in [0.15, 0.2) is 47.1 Å². The molecule has 2 heterocycles. The maximum absolute atomic E-state index is 13.0. The number of rotatable bonds is 4. The molecule has 0 spiro atoms. The number of halogens is 4. The average molecular weight is 527 g/mol. The fourth-order valence-electron chi connectivity index (χ4n) is 3.81. The molecule has 6 nitrogen and oxygen atoms in total. The molecule has 1 saturated heterocycles. The van der Waals surface area contributed by atoms with Crippen molar-refractivity contribution in [3.8, 4) is 0 Å². The molecule has 0 aromatic heterocycles. The minimum Gasteiger partial charge on any atom is -0.350 e. The zero-order valence-electron chi connectivity index (χ0n) is 17.3. The van der Waals surface area contributed by atoms with Gasteiger partial charge in [0.15, 0.2) is 0 Å². The first-order chi connectivity index (χ1) is 15.8. The summed E-state index contributed by atoms with van der Waals surface area (Å²) < 4.78 is 0. The van der Waals surface area contributed by atoms with Gasteiger partial charge in [-0.05, 0) is 49.2 Å². The normalized spacial score (nSPS) is 17.0. The smallest absolute Gasteiger partial charge is 0.283 e. The number of anilines is 2. The molecular formula is C23H19Cl4N3O3. The van der Waals surface area contributed by atoms with Crippen molar-refractivity contribution in [1.29, 1.82) is 0 Å². The van der Waals surface area contributed by atoms with Crippen molar-refractivity contribution in [3.63, 3.8) is 0 Å². The highest BCUT2D eigenvalue weighted by Gasteiger charge is 2.40. The first kappa shape index (κ1) is 23.9. The molecule has 2 aromatic carbocycles. The molecule has 0 aliphatic carbocycles. The van der Waals surface area contributed by atoms with Crippen molar-refractivity contribution in [2.75, 3.05) is 23.3 Å². The second-order valence-corrected chi connectivity index (χ2v) is 9.36. The van der Waals surface area contributed by atoms with Crippen molar-refractivity contribution in [3.05, 3.63) is 67.8 Å². The Morgan fingerprint density at radius 1 is 0.788 bits per heavy atom. The third kappa shape index (κ3) is 4.85. The van der Waals surface area contributed by atoms with Crippen LogP contribution in [0.1, 0.15) is 36.0 Å². The molecule has 1 N–H and O–H groups in total. The van der Waals surface area contributed by atoms with Gasteiger partial charge in [-0.2, -0.15) is 0 Å². The number of hydrogen-bond acceptors (Lipinski definition) is 4. The summed E-state index contributed by atoms with van der Waals surface area (Å²) >= 11 is 24.3. The van der Waals surface area contributed by atoms with Gasteiger partial charge < -0.3 is 10.2 Å². The molecule has 0 saturated carbocycles. The monoisotopic (exact) mass is 525 g/mol. The van der Waals surface area contributed by atoms with E-state index < -0.39 is 11.8 Å². The van der Waals surface area contributed by atoms with Crippen LogP contribution in [0.5, 0.6) is 0 Å². The SMILES string of the molecule is O=C(c1ccc(NC2=C(Cl)C(=O)N(c3cc(Cl)c(Cl)cc3Cl)C2=O)cc1)N1CCCCCC1. The molecule has 2 aromatic rings. The molecule has 3 amide bonds. The van der Waals surface area contributed by atoms with Crippen molar-refractivity contribution < 1.29 is 14.4 Å². The Balaban J connectivity index is 1.52. The summed E-state index contributed by atoms with van der Waals surface area (Å²) in [6.07, 6.45) is 4.29. The lowest BCUT2D eigenvalue weighted by molar-refractivity contribution is -0.120. The lowest BCUT2D eigenvalue weighted by Gasteiger charge is -2.20. The fourth-order valence-corrected chi connectivity index (χ4v) is 4.65. The summed E-state index contributed by atoms with van der Waals surface area (Å²) in [7, 11) is 0. The molecule has 33 heavy (non-hydrogen) atoms. The zero-order valence-corrected chi connectivity index (χ0v) is 20.4. The van der Waals surface area contributed by atoms with Gasteiger partial charge in [0.25, 0.3) is 17.7 Å². The third-order valence-electron chi connectivity index (χ3n) is 5.55. The van der Waals surface area contributed by atoms with Gasteiger partial charge in [0.1, 0.15) is 10.7 Å². The highest BCUT2D eigenvalue weighted by molar-refractivity contribution is 6.54. The van der Waals surface area contributed by atoms with Crippen molar-refractivity contribution >= 4 is 75.5 Å². The number of benzene rings is 2. The van der Waals surface area contributed by atoms with E-state index in [0.717, 1.165) is 43.7 Å². The Labute approximate surface area is 211 Å². The zero-order chi connectivity index (χ0) is 23.7. The van der Waals surface area contributed by atoms with Crippen LogP contribution in [-0.4, -0.2) is 35.7 Å². The number of likely N-dealkylation sites (tertiary alicyclic amines) is 1. The van der Waals surface area contributed by atoms with E-state index in [9.17, 15) is 14.4 Å². The maximum Gasteiger partial charge on any atom is 0.283 e. The van der Waals surface area contributed by atoms with Crippen molar-refractivity contribution in [1.82, 2.24) is 4.90 Å². The van der Waals surface area contributed by atoms with Gasteiger partial charge in [-0.1, -0.05) is 59.2 Å². The number of nitrogens with zero attached hydrogens (tertiary/aromatic N) is 2. The van der Waals surface area contributed by atoms with Gasteiger partial charge in [-0.3, -0.25) is 14.4 Å². The van der Waals surface area contributed by atoms with Crippen LogP contribution in [0.2, 0.25) is 15.1 Å². The molecule has 0 bridgehead atoms. The van der Waals surface area contributed by atoms with Gasteiger partial charge in [0.2, 0.25) is 0 Å². The van der Waals surface area contributed by atoms with Crippen LogP contribution in [0.4, 0.5) is 11.4 Å².